The normalized spacial score (nSPS) is 11.3. The Morgan fingerprint density at radius 3 is 2.43 bits per heavy atom. The minimum absolute atomic E-state index is 0.250. The Morgan fingerprint density at radius 2 is 1.91 bits per heavy atom. The molecule has 1 amide bonds. The van der Waals surface area contributed by atoms with Crippen molar-refractivity contribution in [2.75, 3.05) is 44.3 Å². The first-order valence-electron chi connectivity index (χ1n) is 7.47. The molecule has 0 aliphatic carbocycles. The Bertz CT molecular complexity index is 628. The molecule has 0 atom stereocenters. The van der Waals surface area contributed by atoms with Crippen molar-refractivity contribution in [1.82, 2.24) is 10.2 Å². The number of anilines is 1. The second-order valence-electron chi connectivity index (χ2n) is 5.07. The number of sulfonamides is 1. The van der Waals surface area contributed by atoms with Crippen LogP contribution in [0.25, 0.3) is 0 Å². The lowest BCUT2D eigenvalue weighted by Gasteiger charge is -2.18. The Hall–Kier alpha value is -1.80. The standard InChI is InChI=1S/C15H25N3O4S/c1-5-18(6-2)10-9-16-15(19)13-8-7-12(11-14(13)22-3)17-23(4,20)21/h7-8,11,17H,5-6,9-10H2,1-4H3,(H,16,19). The summed E-state index contributed by atoms with van der Waals surface area (Å²) < 4.78 is 30.0. The van der Waals surface area contributed by atoms with Gasteiger partial charge in [-0.25, -0.2) is 8.42 Å². The molecule has 23 heavy (non-hydrogen) atoms. The lowest BCUT2D eigenvalue weighted by Crippen LogP contribution is -2.34. The molecule has 0 aliphatic rings. The maximum atomic E-state index is 12.2. The summed E-state index contributed by atoms with van der Waals surface area (Å²) in [6.45, 7) is 7.31. The number of nitrogens with zero attached hydrogens (tertiary/aromatic N) is 1. The molecule has 0 saturated carbocycles. The molecular weight excluding hydrogens is 318 g/mol. The summed E-state index contributed by atoms with van der Waals surface area (Å²) in [7, 11) is -1.94. The Morgan fingerprint density at radius 1 is 1.26 bits per heavy atom. The minimum Gasteiger partial charge on any atom is -0.496 e. The molecule has 0 heterocycles. The summed E-state index contributed by atoms with van der Waals surface area (Å²) in [5.41, 5.74) is 0.718. The van der Waals surface area contributed by atoms with Crippen molar-refractivity contribution in [3.05, 3.63) is 23.8 Å². The van der Waals surface area contributed by atoms with E-state index in [2.05, 4.69) is 28.8 Å². The number of hydrogen-bond donors (Lipinski definition) is 2. The van der Waals surface area contributed by atoms with Crippen molar-refractivity contribution in [2.24, 2.45) is 0 Å². The van der Waals surface area contributed by atoms with E-state index in [4.69, 9.17) is 4.74 Å². The number of ether oxygens (including phenoxy) is 1. The molecule has 0 radical (unpaired) electrons. The minimum atomic E-state index is -3.38. The third kappa shape index (κ3) is 6.45. The number of hydrogen-bond acceptors (Lipinski definition) is 5. The van der Waals surface area contributed by atoms with Crippen LogP contribution in [-0.4, -0.2) is 58.8 Å². The maximum absolute atomic E-state index is 12.2. The highest BCUT2D eigenvalue weighted by atomic mass is 32.2. The van der Waals surface area contributed by atoms with Crippen molar-refractivity contribution >= 4 is 21.6 Å². The van der Waals surface area contributed by atoms with E-state index in [1.807, 2.05) is 0 Å². The molecule has 2 N–H and O–H groups in total. The van der Waals surface area contributed by atoms with Gasteiger partial charge in [-0.2, -0.15) is 0 Å². The molecule has 1 aromatic rings. The first kappa shape index (κ1) is 19.2. The van der Waals surface area contributed by atoms with Gasteiger partial charge in [0.2, 0.25) is 10.0 Å². The van der Waals surface area contributed by atoms with Gasteiger partial charge in [-0.3, -0.25) is 9.52 Å². The van der Waals surface area contributed by atoms with E-state index in [9.17, 15) is 13.2 Å². The van der Waals surface area contributed by atoms with E-state index in [1.165, 1.54) is 19.2 Å². The fourth-order valence-electron chi connectivity index (χ4n) is 2.12. The van der Waals surface area contributed by atoms with Crippen molar-refractivity contribution in [3.8, 4) is 5.75 Å². The van der Waals surface area contributed by atoms with Crippen LogP contribution in [0.3, 0.4) is 0 Å². The molecular formula is C15H25N3O4S. The van der Waals surface area contributed by atoms with E-state index in [0.717, 1.165) is 25.9 Å². The molecule has 0 unspecified atom stereocenters. The fraction of sp³-hybridized carbons (Fsp3) is 0.533. The van der Waals surface area contributed by atoms with Crippen LogP contribution >= 0.6 is 0 Å². The summed E-state index contributed by atoms with van der Waals surface area (Å²) >= 11 is 0. The van der Waals surface area contributed by atoms with Gasteiger partial charge in [-0.05, 0) is 25.2 Å². The molecule has 0 fully saturated rings. The highest BCUT2D eigenvalue weighted by molar-refractivity contribution is 7.92. The third-order valence-corrected chi connectivity index (χ3v) is 3.96. The Balaban J connectivity index is 2.77. The van der Waals surface area contributed by atoms with Crippen molar-refractivity contribution in [1.29, 1.82) is 0 Å². The molecule has 8 heteroatoms. The van der Waals surface area contributed by atoms with Crippen molar-refractivity contribution in [3.63, 3.8) is 0 Å². The van der Waals surface area contributed by atoms with Gasteiger partial charge in [0.25, 0.3) is 5.91 Å². The number of amides is 1. The average Bonchev–Trinajstić information content (AvgIpc) is 2.49. The van der Waals surface area contributed by atoms with Crippen LogP contribution in [-0.2, 0) is 10.0 Å². The number of carbonyl (C=O) groups is 1. The van der Waals surface area contributed by atoms with Gasteiger partial charge in [0.15, 0.2) is 0 Å². The maximum Gasteiger partial charge on any atom is 0.255 e. The Kier molecular flexibility index (Phi) is 7.31. The zero-order chi connectivity index (χ0) is 17.5. The first-order chi connectivity index (χ1) is 10.8. The third-order valence-electron chi connectivity index (χ3n) is 3.36. The molecule has 130 valence electrons. The molecule has 0 aromatic heterocycles. The van der Waals surface area contributed by atoms with E-state index < -0.39 is 10.0 Å². The van der Waals surface area contributed by atoms with Crippen LogP contribution in [0, 0.1) is 0 Å². The quantitative estimate of drug-likeness (QED) is 0.702. The van der Waals surface area contributed by atoms with Crippen LogP contribution in [0.4, 0.5) is 5.69 Å². The van der Waals surface area contributed by atoms with Crippen molar-refractivity contribution in [2.45, 2.75) is 13.8 Å². The van der Waals surface area contributed by atoms with Gasteiger partial charge in [0.05, 0.1) is 24.6 Å². The van der Waals surface area contributed by atoms with E-state index >= 15 is 0 Å². The smallest absolute Gasteiger partial charge is 0.255 e. The molecule has 7 nitrogen and oxygen atoms in total. The monoisotopic (exact) mass is 343 g/mol. The van der Waals surface area contributed by atoms with Gasteiger partial charge >= 0.3 is 0 Å². The predicted octanol–water partition coefficient (Wildman–Crippen LogP) is 1.14. The number of methoxy groups -OCH3 is 1. The molecule has 0 aliphatic heterocycles. The van der Waals surface area contributed by atoms with Crippen LogP contribution in [0.15, 0.2) is 18.2 Å². The van der Waals surface area contributed by atoms with E-state index in [0.29, 0.717) is 23.5 Å². The topological polar surface area (TPSA) is 87.7 Å². The summed E-state index contributed by atoms with van der Waals surface area (Å²) in [6, 6.07) is 4.56. The van der Waals surface area contributed by atoms with Gasteiger partial charge in [-0.1, -0.05) is 13.8 Å². The first-order valence-corrected chi connectivity index (χ1v) is 9.36. The van der Waals surface area contributed by atoms with Crippen molar-refractivity contribution < 1.29 is 17.9 Å². The van der Waals surface area contributed by atoms with Crippen LogP contribution in [0.5, 0.6) is 5.75 Å². The number of likely N-dealkylation sites (N-methyl/N-ethyl adjacent to an activating group) is 1. The van der Waals surface area contributed by atoms with Crippen LogP contribution in [0.1, 0.15) is 24.2 Å². The lowest BCUT2D eigenvalue weighted by atomic mass is 10.1. The highest BCUT2D eigenvalue weighted by Crippen LogP contribution is 2.23. The van der Waals surface area contributed by atoms with Gasteiger partial charge < -0.3 is 15.0 Å². The number of benzene rings is 1. The zero-order valence-corrected chi connectivity index (χ0v) is 14.9. The fourth-order valence-corrected chi connectivity index (χ4v) is 2.67. The lowest BCUT2D eigenvalue weighted by molar-refractivity contribution is 0.0946. The van der Waals surface area contributed by atoms with E-state index in [1.54, 1.807) is 6.07 Å². The number of nitrogens with one attached hydrogen (secondary N) is 2. The molecule has 0 bridgehead atoms. The van der Waals surface area contributed by atoms with Gasteiger partial charge in [0.1, 0.15) is 5.75 Å². The zero-order valence-electron chi connectivity index (χ0n) is 14.0. The SMILES string of the molecule is CCN(CC)CCNC(=O)c1ccc(NS(C)(=O)=O)cc1OC. The molecule has 0 spiro atoms. The highest BCUT2D eigenvalue weighted by Gasteiger charge is 2.14. The summed E-state index contributed by atoms with van der Waals surface area (Å²) in [5.74, 6) is 0.0684. The van der Waals surface area contributed by atoms with E-state index in [-0.39, 0.29) is 5.91 Å². The average molecular weight is 343 g/mol. The largest absolute Gasteiger partial charge is 0.496 e. The summed E-state index contributed by atoms with van der Waals surface area (Å²) in [6.07, 6.45) is 1.06. The summed E-state index contributed by atoms with van der Waals surface area (Å²) in [5, 5.41) is 2.84. The summed E-state index contributed by atoms with van der Waals surface area (Å²) in [4.78, 5) is 14.4. The van der Waals surface area contributed by atoms with Gasteiger partial charge in [-0.15, -0.1) is 0 Å². The second-order valence-corrected chi connectivity index (χ2v) is 6.82. The molecule has 1 aromatic carbocycles. The van der Waals surface area contributed by atoms with Crippen LogP contribution < -0.4 is 14.8 Å². The Labute approximate surface area is 138 Å². The van der Waals surface area contributed by atoms with Crippen LogP contribution in [0.2, 0.25) is 0 Å². The molecule has 1 rings (SSSR count). The van der Waals surface area contributed by atoms with Gasteiger partial charge in [0, 0.05) is 19.2 Å². The number of rotatable bonds is 9. The number of carbonyl (C=O) groups excluding carboxylic acids is 1. The second kappa shape index (κ2) is 8.73. The molecule has 0 saturated heterocycles. The predicted molar refractivity (Wildman–Crippen MR) is 91.6 cm³/mol.